The molecule has 0 spiro atoms. The van der Waals surface area contributed by atoms with Crippen molar-refractivity contribution < 1.29 is 13.2 Å². The van der Waals surface area contributed by atoms with Crippen molar-refractivity contribution in [3.05, 3.63) is 36.0 Å². The molecule has 2 aliphatic heterocycles. The van der Waals surface area contributed by atoms with Gasteiger partial charge in [-0.1, -0.05) is 6.07 Å². The second-order valence-corrected chi connectivity index (χ2v) is 9.35. The van der Waals surface area contributed by atoms with Crippen LogP contribution in [0.5, 0.6) is 0 Å². The van der Waals surface area contributed by atoms with Crippen molar-refractivity contribution >= 4 is 26.6 Å². The first-order valence-corrected chi connectivity index (χ1v) is 10.6. The topological polar surface area (TPSA) is 82.3 Å². The van der Waals surface area contributed by atoms with Crippen LogP contribution in [0.2, 0.25) is 0 Å². The van der Waals surface area contributed by atoms with Crippen LogP contribution in [-0.4, -0.2) is 60.9 Å². The van der Waals surface area contributed by atoms with E-state index < -0.39 is 9.84 Å². The van der Waals surface area contributed by atoms with E-state index in [-0.39, 0.29) is 18.0 Å². The number of hydrogen-bond acceptors (Lipinski definition) is 4. The molecule has 0 radical (unpaired) electrons. The first-order valence-electron chi connectivity index (χ1n) is 8.83. The fourth-order valence-electron chi connectivity index (χ4n) is 3.93. The zero-order valence-corrected chi connectivity index (χ0v) is 14.9. The Labute approximate surface area is 147 Å². The maximum atomic E-state index is 12.5. The molecule has 7 heteroatoms. The van der Waals surface area contributed by atoms with Crippen molar-refractivity contribution in [3.63, 3.8) is 0 Å². The number of aromatic nitrogens is 1. The second-order valence-electron chi connectivity index (χ2n) is 7.12. The third-order valence-corrected chi connectivity index (χ3v) is 7.16. The van der Waals surface area contributed by atoms with Crippen molar-refractivity contribution in [1.82, 2.24) is 15.2 Å². The largest absolute Gasteiger partial charge is 0.361 e. The molecular weight excluding hydrogens is 338 g/mol. The molecule has 2 aromatic rings. The summed E-state index contributed by atoms with van der Waals surface area (Å²) < 4.78 is 23.3. The fourth-order valence-corrected chi connectivity index (χ4v) is 5.69. The Balaban J connectivity index is 1.33. The summed E-state index contributed by atoms with van der Waals surface area (Å²) in [5.41, 5.74) is 1.63. The van der Waals surface area contributed by atoms with Gasteiger partial charge >= 0.3 is 0 Å². The maximum absolute atomic E-state index is 12.5. The lowest BCUT2D eigenvalue weighted by Gasteiger charge is -2.35. The molecule has 1 atom stereocenters. The summed E-state index contributed by atoms with van der Waals surface area (Å²) >= 11 is 0. The first kappa shape index (κ1) is 16.6. The van der Waals surface area contributed by atoms with Gasteiger partial charge in [0.2, 0.25) is 0 Å². The smallest absolute Gasteiger partial charge is 0.251 e. The molecule has 134 valence electrons. The van der Waals surface area contributed by atoms with Crippen LogP contribution in [0.15, 0.2) is 30.5 Å². The number of H-pyrrole nitrogens is 1. The van der Waals surface area contributed by atoms with Crippen LogP contribution in [0.1, 0.15) is 29.6 Å². The molecule has 1 amide bonds. The lowest BCUT2D eigenvalue weighted by molar-refractivity contribution is 0.0898. The molecule has 0 bridgehead atoms. The van der Waals surface area contributed by atoms with Crippen molar-refractivity contribution in [2.75, 3.05) is 24.6 Å². The summed E-state index contributed by atoms with van der Waals surface area (Å²) in [7, 11) is -2.84. The predicted molar refractivity (Wildman–Crippen MR) is 97.4 cm³/mol. The molecule has 2 N–H and O–H groups in total. The van der Waals surface area contributed by atoms with Gasteiger partial charge in [-0.25, -0.2) is 8.42 Å². The van der Waals surface area contributed by atoms with Crippen molar-refractivity contribution in [2.24, 2.45) is 0 Å². The number of sulfone groups is 1. The number of carbonyl (C=O) groups excluding carboxylic acids is 1. The quantitative estimate of drug-likeness (QED) is 0.869. The van der Waals surface area contributed by atoms with E-state index in [1.54, 1.807) is 0 Å². The number of fused-ring (bicyclic) bond motifs is 1. The summed E-state index contributed by atoms with van der Waals surface area (Å²) in [6.45, 7) is 1.70. The van der Waals surface area contributed by atoms with Gasteiger partial charge in [0.15, 0.2) is 9.84 Å². The second kappa shape index (κ2) is 6.46. The van der Waals surface area contributed by atoms with Crippen molar-refractivity contribution in [3.8, 4) is 0 Å². The summed E-state index contributed by atoms with van der Waals surface area (Å²) in [4.78, 5) is 17.9. The molecule has 25 heavy (non-hydrogen) atoms. The molecule has 2 saturated heterocycles. The van der Waals surface area contributed by atoms with E-state index in [9.17, 15) is 13.2 Å². The molecule has 0 unspecified atom stereocenters. The summed E-state index contributed by atoms with van der Waals surface area (Å²) in [6, 6.07) is 7.98. The molecule has 4 rings (SSSR count). The van der Waals surface area contributed by atoms with E-state index in [4.69, 9.17) is 0 Å². The average Bonchev–Trinajstić information content (AvgIpc) is 3.20. The summed E-state index contributed by atoms with van der Waals surface area (Å²) in [5, 5.41) is 4.22. The van der Waals surface area contributed by atoms with Crippen LogP contribution in [0.25, 0.3) is 10.9 Å². The zero-order chi connectivity index (χ0) is 17.4. The van der Waals surface area contributed by atoms with E-state index in [1.165, 1.54) is 0 Å². The van der Waals surface area contributed by atoms with E-state index >= 15 is 0 Å². The molecule has 1 aromatic carbocycles. The Morgan fingerprint density at radius 2 is 1.96 bits per heavy atom. The molecule has 1 aromatic heterocycles. The number of nitrogens with one attached hydrogen (secondary N) is 2. The van der Waals surface area contributed by atoms with Gasteiger partial charge in [-0.3, -0.25) is 9.69 Å². The van der Waals surface area contributed by atoms with Crippen LogP contribution in [0, 0.1) is 0 Å². The number of piperidine rings is 1. The van der Waals surface area contributed by atoms with Crippen LogP contribution in [-0.2, 0) is 9.84 Å². The molecule has 6 nitrogen and oxygen atoms in total. The van der Waals surface area contributed by atoms with Gasteiger partial charge < -0.3 is 10.3 Å². The number of amides is 1. The number of benzene rings is 1. The Morgan fingerprint density at radius 1 is 1.16 bits per heavy atom. The number of rotatable bonds is 3. The van der Waals surface area contributed by atoms with Gasteiger partial charge in [0.25, 0.3) is 5.91 Å². The molecular formula is C18H23N3O3S. The minimum absolute atomic E-state index is 0.0432. The number of hydrogen-bond donors (Lipinski definition) is 2. The van der Waals surface area contributed by atoms with Crippen LogP contribution >= 0.6 is 0 Å². The lowest BCUT2D eigenvalue weighted by atomic mass is 10.0. The Bertz CT molecular complexity index is 882. The number of nitrogens with zero attached hydrogens (tertiary/aromatic N) is 1. The Morgan fingerprint density at radius 3 is 2.68 bits per heavy atom. The summed E-state index contributed by atoms with van der Waals surface area (Å²) in [6.07, 6.45) is 4.35. The monoisotopic (exact) mass is 361 g/mol. The van der Waals surface area contributed by atoms with Crippen molar-refractivity contribution in [2.45, 2.75) is 31.3 Å². The third-order valence-electron chi connectivity index (χ3n) is 5.41. The van der Waals surface area contributed by atoms with Gasteiger partial charge in [0.05, 0.1) is 11.5 Å². The highest BCUT2D eigenvalue weighted by molar-refractivity contribution is 7.91. The van der Waals surface area contributed by atoms with Gasteiger partial charge in [0.1, 0.15) is 0 Å². The maximum Gasteiger partial charge on any atom is 0.251 e. The highest BCUT2D eigenvalue weighted by Crippen LogP contribution is 2.22. The zero-order valence-electron chi connectivity index (χ0n) is 14.1. The highest BCUT2D eigenvalue weighted by atomic mass is 32.2. The van der Waals surface area contributed by atoms with E-state index in [1.807, 2.05) is 30.5 Å². The molecule has 3 heterocycles. The molecule has 2 fully saturated rings. The number of likely N-dealkylation sites (tertiary alicyclic amines) is 1. The van der Waals surface area contributed by atoms with Gasteiger partial charge in [-0.2, -0.15) is 0 Å². The normalized spacial score (nSPS) is 24.6. The lowest BCUT2D eigenvalue weighted by Crippen LogP contribution is -2.48. The predicted octanol–water partition coefficient (Wildman–Crippen LogP) is 1.55. The van der Waals surface area contributed by atoms with E-state index in [2.05, 4.69) is 15.2 Å². The summed E-state index contributed by atoms with van der Waals surface area (Å²) in [5.74, 6) is 0.564. The fraction of sp³-hybridized carbons (Fsp3) is 0.500. The van der Waals surface area contributed by atoms with Gasteiger partial charge in [-0.05, 0) is 42.8 Å². The third kappa shape index (κ3) is 3.57. The first-order chi connectivity index (χ1) is 12.0. The van der Waals surface area contributed by atoms with Crippen LogP contribution in [0.3, 0.4) is 0 Å². The number of carbonyl (C=O) groups is 1. The average molecular weight is 361 g/mol. The minimum atomic E-state index is -2.84. The number of aromatic amines is 1. The standard InChI is InChI=1S/C18H23N3O3S/c22-18(14-2-1-13-3-7-19-17(13)11-14)20-15-4-8-21(9-5-15)16-6-10-25(23,24)12-16/h1-3,7,11,15-16,19H,4-6,8-10,12H2,(H,20,22)/t16-/m1/s1. The van der Waals surface area contributed by atoms with Crippen LogP contribution in [0.4, 0.5) is 0 Å². The SMILES string of the molecule is O=C(NC1CCN([C@@H]2CCS(=O)(=O)C2)CC1)c1ccc2cc[nH]c2c1. The highest BCUT2D eigenvalue weighted by Gasteiger charge is 2.34. The molecule has 2 aliphatic rings. The van der Waals surface area contributed by atoms with Crippen molar-refractivity contribution in [1.29, 1.82) is 0 Å². The Hall–Kier alpha value is -1.86. The van der Waals surface area contributed by atoms with Gasteiger partial charge in [0, 0.05) is 42.5 Å². The Kier molecular flexibility index (Phi) is 4.29. The van der Waals surface area contributed by atoms with Gasteiger partial charge in [-0.15, -0.1) is 0 Å². The minimum Gasteiger partial charge on any atom is -0.361 e. The molecule has 0 aliphatic carbocycles. The molecule has 0 saturated carbocycles. The van der Waals surface area contributed by atoms with E-state index in [0.717, 1.165) is 43.3 Å². The van der Waals surface area contributed by atoms with E-state index in [0.29, 0.717) is 17.1 Å². The van der Waals surface area contributed by atoms with Crippen LogP contribution < -0.4 is 5.32 Å².